The predicted octanol–water partition coefficient (Wildman–Crippen LogP) is 5.34. The molecule has 38 heavy (non-hydrogen) atoms. The van der Waals surface area contributed by atoms with Gasteiger partial charge < -0.3 is 24.7 Å². The minimum Gasteiger partial charge on any atom is -0.437 e. The number of carbonyl (C=O) groups excluding carboxylic acids is 1. The van der Waals surface area contributed by atoms with Crippen molar-refractivity contribution in [3.8, 4) is 22.1 Å². The van der Waals surface area contributed by atoms with Gasteiger partial charge in [0.15, 0.2) is 0 Å². The van der Waals surface area contributed by atoms with E-state index in [1.54, 1.807) is 39.4 Å². The van der Waals surface area contributed by atoms with Crippen LogP contribution in [0.25, 0.3) is 21.3 Å². The smallest absolute Gasteiger partial charge is 0.274 e. The predicted molar refractivity (Wildman–Crippen MR) is 150 cm³/mol. The first-order valence-electron chi connectivity index (χ1n) is 12.8. The molecule has 0 aliphatic heterocycles. The monoisotopic (exact) mass is 534 g/mol. The lowest BCUT2D eigenvalue weighted by atomic mass is 9.76. The van der Waals surface area contributed by atoms with E-state index in [0.717, 1.165) is 39.3 Å². The number of nitrogens with one attached hydrogen (secondary N) is 2. The van der Waals surface area contributed by atoms with Crippen molar-refractivity contribution in [1.29, 1.82) is 0 Å². The van der Waals surface area contributed by atoms with E-state index in [1.807, 2.05) is 39.8 Å². The van der Waals surface area contributed by atoms with Crippen LogP contribution in [0.1, 0.15) is 67.0 Å². The van der Waals surface area contributed by atoms with Gasteiger partial charge in [0.05, 0.1) is 10.5 Å². The number of aromatic nitrogens is 3. The standard InChI is InChI=1S/C29H34N4O4S/c1-15-10-16(2)26(30-13-15)37-21-12-22(28(3,4)29(5,6)36)38-24(21)19-14-33(7)27(35)23-18(19)11-20(32-23)25(34)31-17-8-9-17/h10-14,17,32,36H,8-9H2,1-7H3,(H,31,34). The first-order valence-corrected chi connectivity index (χ1v) is 13.6. The van der Waals surface area contributed by atoms with Crippen molar-refractivity contribution in [3.63, 3.8) is 0 Å². The third kappa shape index (κ3) is 4.65. The summed E-state index contributed by atoms with van der Waals surface area (Å²) in [6.07, 6.45) is 5.48. The number of fused-ring (bicyclic) bond motifs is 1. The van der Waals surface area contributed by atoms with Crippen molar-refractivity contribution in [1.82, 2.24) is 19.9 Å². The molecule has 4 heterocycles. The number of aliphatic hydroxyl groups is 1. The molecule has 0 radical (unpaired) electrons. The summed E-state index contributed by atoms with van der Waals surface area (Å²) >= 11 is 1.50. The highest BCUT2D eigenvalue weighted by molar-refractivity contribution is 7.16. The van der Waals surface area contributed by atoms with Crippen molar-refractivity contribution in [3.05, 3.63) is 62.6 Å². The summed E-state index contributed by atoms with van der Waals surface area (Å²) in [7, 11) is 1.69. The highest BCUT2D eigenvalue weighted by Crippen LogP contribution is 2.48. The molecule has 1 aliphatic rings. The Bertz CT molecular complexity index is 1620. The van der Waals surface area contributed by atoms with Crippen molar-refractivity contribution in [2.24, 2.45) is 7.05 Å². The number of amides is 1. The molecule has 8 nitrogen and oxygen atoms in total. The SMILES string of the molecule is Cc1cnc(Oc2cc(C(C)(C)C(C)(C)O)sc2-c2cn(C)c(=O)c3[nH]c(C(=O)NC4CC4)cc23)c(C)c1. The summed E-state index contributed by atoms with van der Waals surface area (Å²) in [5.41, 5.74) is 1.57. The molecular formula is C29H34N4O4S. The number of aromatic amines is 1. The van der Waals surface area contributed by atoms with Crippen LogP contribution >= 0.6 is 11.3 Å². The van der Waals surface area contributed by atoms with Crippen LogP contribution in [0.15, 0.2) is 35.4 Å². The van der Waals surface area contributed by atoms with Crippen LogP contribution in [-0.2, 0) is 12.5 Å². The van der Waals surface area contributed by atoms with E-state index in [9.17, 15) is 14.7 Å². The molecule has 1 saturated carbocycles. The largest absolute Gasteiger partial charge is 0.437 e. The number of ether oxygens (including phenoxy) is 1. The third-order valence-corrected chi connectivity index (χ3v) is 9.06. The topological polar surface area (TPSA) is 109 Å². The van der Waals surface area contributed by atoms with Crippen LogP contribution < -0.4 is 15.6 Å². The van der Waals surface area contributed by atoms with Crippen molar-refractivity contribution < 1.29 is 14.6 Å². The zero-order chi connectivity index (χ0) is 27.6. The Morgan fingerprint density at radius 1 is 1.21 bits per heavy atom. The Morgan fingerprint density at radius 2 is 1.92 bits per heavy atom. The molecule has 0 aromatic carbocycles. The summed E-state index contributed by atoms with van der Waals surface area (Å²) in [4.78, 5) is 35.1. The van der Waals surface area contributed by atoms with E-state index in [4.69, 9.17) is 4.74 Å². The van der Waals surface area contributed by atoms with E-state index in [0.29, 0.717) is 28.2 Å². The van der Waals surface area contributed by atoms with Gasteiger partial charge in [-0.25, -0.2) is 4.98 Å². The second kappa shape index (κ2) is 9.10. The Labute approximate surface area is 225 Å². The fourth-order valence-corrected chi connectivity index (χ4v) is 5.65. The van der Waals surface area contributed by atoms with Gasteiger partial charge >= 0.3 is 0 Å². The molecule has 1 amide bonds. The molecule has 200 valence electrons. The van der Waals surface area contributed by atoms with Crippen LogP contribution in [0.3, 0.4) is 0 Å². The zero-order valence-electron chi connectivity index (χ0n) is 22.9. The molecule has 9 heteroatoms. The molecule has 1 aliphatic carbocycles. The van der Waals surface area contributed by atoms with E-state index in [1.165, 1.54) is 15.9 Å². The van der Waals surface area contributed by atoms with Crippen molar-refractivity contribution in [2.75, 3.05) is 0 Å². The quantitative estimate of drug-likeness (QED) is 0.297. The molecule has 0 bridgehead atoms. The Morgan fingerprint density at radius 3 is 2.55 bits per heavy atom. The Hall–Kier alpha value is -3.43. The van der Waals surface area contributed by atoms with Crippen molar-refractivity contribution in [2.45, 2.75) is 71.4 Å². The van der Waals surface area contributed by atoms with Crippen LogP contribution in [0.5, 0.6) is 11.6 Å². The van der Waals surface area contributed by atoms with Crippen molar-refractivity contribution >= 4 is 28.1 Å². The molecule has 5 rings (SSSR count). The first kappa shape index (κ1) is 26.2. The molecule has 4 aromatic heterocycles. The summed E-state index contributed by atoms with van der Waals surface area (Å²) in [5, 5.41) is 14.6. The molecule has 3 N–H and O–H groups in total. The van der Waals surface area contributed by atoms with E-state index >= 15 is 0 Å². The maximum atomic E-state index is 13.1. The van der Waals surface area contributed by atoms with E-state index < -0.39 is 11.0 Å². The molecule has 1 fully saturated rings. The fraction of sp³-hybridized carbons (Fsp3) is 0.414. The number of hydrogen-bond acceptors (Lipinski definition) is 6. The lowest BCUT2D eigenvalue weighted by Crippen LogP contribution is -2.41. The summed E-state index contributed by atoms with van der Waals surface area (Å²) < 4.78 is 7.92. The van der Waals surface area contributed by atoms with E-state index in [-0.39, 0.29) is 17.5 Å². The number of H-pyrrole nitrogens is 1. The number of hydrogen-bond donors (Lipinski definition) is 3. The van der Waals surface area contributed by atoms with Gasteiger partial charge in [-0.15, -0.1) is 11.3 Å². The highest BCUT2D eigenvalue weighted by atomic mass is 32.1. The zero-order valence-corrected chi connectivity index (χ0v) is 23.7. The number of aryl methyl sites for hydroxylation is 3. The molecule has 0 spiro atoms. The Kier molecular flexibility index (Phi) is 6.27. The molecular weight excluding hydrogens is 500 g/mol. The van der Waals surface area contributed by atoms with Gasteiger partial charge in [-0.2, -0.15) is 0 Å². The van der Waals surface area contributed by atoms with Crippen LogP contribution in [0, 0.1) is 13.8 Å². The third-order valence-electron chi connectivity index (χ3n) is 7.58. The average molecular weight is 535 g/mol. The molecule has 0 atom stereocenters. The second-order valence-electron chi connectivity index (χ2n) is 11.4. The number of thiophene rings is 1. The normalized spacial score (nSPS) is 14.2. The Balaban J connectivity index is 1.71. The van der Waals surface area contributed by atoms with Gasteiger partial charge in [0.25, 0.3) is 11.5 Å². The van der Waals surface area contributed by atoms with E-state index in [2.05, 4.69) is 15.3 Å². The summed E-state index contributed by atoms with van der Waals surface area (Å²) in [6.45, 7) is 11.5. The van der Waals surface area contributed by atoms with Gasteiger partial charge in [-0.1, -0.05) is 13.8 Å². The number of carbonyl (C=O) groups is 1. The van der Waals surface area contributed by atoms with Gasteiger partial charge in [-0.3, -0.25) is 9.59 Å². The van der Waals surface area contributed by atoms with Gasteiger partial charge in [0.2, 0.25) is 5.88 Å². The first-order chi connectivity index (χ1) is 17.8. The number of rotatable bonds is 7. The minimum absolute atomic E-state index is 0.199. The molecule has 4 aromatic rings. The number of pyridine rings is 2. The summed E-state index contributed by atoms with van der Waals surface area (Å²) in [5.74, 6) is 0.844. The van der Waals surface area contributed by atoms with Gasteiger partial charge in [-0.05, 0) is 64.3 Å². The molecule has 0 saturated heterocycles. The fourth-order valence-electron chi connectivity index (χ4n) is 4.29. The van der Waals surface area contributed by atoms with Crippen LogP contribution in [0.2, 0.25) is 0 Å². The van der Waals surface area contributed by atoms with Gasteiger partial charge in [0.1, 0.15) is 17.0 Å². The van der Waals surface area contributed by atoms with Crippen LogP contribution in [0.4, 0.5) is 0 Å². The van der Waals surface area contributed by atoms with Crippen LogP contribution in [-0.4, -0.2) is 37.2 Å². The lowest BCUT2D eigenvalue weighted by Gasteiger charge is -2.36. The van der Waals surface area contributed by atoms with Gasteiger partial charge in [0, 0.05) is 52.3 Å². The minimum atomic E-state index is -1.01. The second-order valence-corrected chi connectivity index (χ2v) is 12.5. The lowest BCUT2D eigenvalue weighted by molar-refractivity contribution is 0.0112. The maximum absolute atomic E-state index is 13.1. The number of nitrogens with zero attached hydrogens (tertiary/aromatic N) is 2. The maximum Gasteiger partial charge on any atom is 0.274 e. The highest BCUT2D eigenvalue weighted by Gasteiger charge is 2.39. The molecule has 0 unspecified atom stereocenters. The average Bonchev–Trinajstić information content (AvgIpc) is 3.36. The summed E-state index contributed by atoms with van der Waals surface area (Å²) in [6, 6.07) is 5.90.